The highest BCUT2D eigenvalue weighted by molar-refractivity contribution is 6.05. The molecule has 1 heterocycles. The molecule has 0 bridgehead atoms. The zero-order chi connectivity index (χ0) is 18.4. The normalized spacial score (nSPS) is 10.4. The van der Waals surface area contributed by atoms with E-state index >= 15 is 0 Å². The summed E-state index contributed by atoms with van der Waals surface area (Å²) in [4.78, 5) is 20.6. The fourth-order valence-electron chi connectivity index (χ4n) is 2.91. The van der Waals surface area contributed by atoms with Gasteiger partial charge in [-0.15, -0.1) is 12.4 Å². The summed E-state index contributed by atoms with van der Waals surface area (Å²) in [7, 11) is 0. The first-order valence-electron chi connectivity index (χ1n) is 9.08. The Hall–Kier alpha value is -2.66. The van der Waals surface area contributed by atoms with Crippen LogP contribution in [0, 0.1) is 0 Å². The summed E-state index contributed by atoms with van der Waals surface area (Å²) >= 11 is 0. The Balaban J connectivity index is 0.00000261. The lowest BCUT2D eigenvalue weighted by atomic mass is 10.0. The molecule has 0 spiro atoms. The lowest BCUT2D eigenvalue weighted by molar-refractivity contribution is 0.102. The number of halogens is 1. The van der Waals surface area contributed by atoms with Crippen LogP contribution in [0.15, 0.2) is 48.7 Å². The fraction of sp³-hybridized carbons (Fsp3) is 0.286. The lowest BCUT2D eigenvalue weighted by Gasteiger charge is -2.08. The lowest BCUT2D eigenvalue weighted by Crippen LogP contribution is -2.11. The van der Waals surface area contributed by atoms with Crippen LogP contribution >= 0.6 is 12.4 Å². The molecule has 27 heavy (non-hydrogen) atoms. The number of rotatable bonds is 7. The van der Waals surface area contributed by atoms with Crippen LogP contribution in [0.4, 0.5) is 11.6 Å². The van der Waals surface area contributed by atoms with Gasteiger partial charge in [-0.25, -0.2) is 9.97 Å². The van der Waals surface area contributed by atoms with E-state index in [9.17, 15) is 4.79 Å². The van der Waals surface area contributed by atoms with Gasteiger partial charge in [0.25, 0.3) is 5.91 Å². The van der Waals surface area contributed by atoms with E-state index in [4.69, 9.17) is 5.73 Å². The molecule has 0 unspecified atom stereocenters. The van der Waals surface area contributed by atoms with Crippen molar-refractivity contribution in [2.45, 2.75) is 39.0 Å². The number of amides is 1. The molecule has 0 aliphatic heterocycles. The third-order valence-electron chi connectivity index (χ3n) is 4.39. The molecule has 5 nitrogen and oxygen atoms in total. The molecule has 0 aliphatic carbocycles. The topological polar surface area (TPSA) is 80.9 Å². The number of nitrogen functional groups attached to an aromatic ring is 1. The predicted molar refractivity (Wildman–Crippen MR) is 113 cm³/mol. The van der Waals surface area contributed by atoms with Crippen molar-refractivity contribution in [2.24, 2.45) is 0 Å². The van der Waals surface area contributed by atoms with Gasteiger partial charge in [0.05, 0.1) is 5.52 Å². The Morgan fingerprint density at radius 3 is 2.59 bits per heavy atom. The van der Waals surface area contributed by atoms with E-state index < -0.39 is 0 Å². The van der Waals surface area contributed by atoms with Crippen LogP contribution < -0.4 is 11.1 Å². The molecular formula is C21H25ClN4O. The molecule has 6 heteroatoms. The number of carbonyl (C=O) groups is 1. The van der Waals surface area contributed by atoms with Gasteiger partial charge >= 0.3 is 0 Å². The molecule has 0 aliphatic rings. The summed E-state index contributed by atoms with van der Waals surface area (Å²) in [5, 5.41) is 3.75. The van der Waals surface area contributed by atoms with Crippen LogP contribution in [0.5, 0.6) is 0 Å². The number of nitrogens with zero attached hydrogens (tertiary/aromatic N) is 2. The van der Waals surface area contributed by atoms with Crippen molar-refractivity contribution in [3.05, 3.63) is 59.8 Å². The van der Waals surface area contributed by atoms with Crippen LogP contribution in [0.1, 0.15) is 48.5 Å². The maximum atomic E-state index is 12.5. The van der Waals surface area contributed by atoms with Crippen LogP contribution in [0.25, 0.3) is 10.9 Å². The average Bonchev–Trinajstić information content (AvgIpc) is 2.66. The monoisotopic (exact) mass is 384 g/mol. The third-order valence-corrected chi connectivity index (χ3v) is 4.39. The molecule has 2 aromatic carbocycles. The molecule has 3 aromatic rings. The number of fused-ring (bicyclic) bond motifs is 1. The first-order chi connectivity index (χ1) is 12.7. The predicted octanol–water partition coefficient (Wildman–Crippen LogP) is 5.01. The van der Waals surface area contributed by atoms with Gasteiger partial charge < -0.3 is 11.1 Å². The number of hydrogen-bond donors (Lipinski definition) is 2. The first kappa shape index (κ1) is 20.6. The SMILES string of the molecule is CCCCCCc1ccc(C(=O)Nc2ccc3nc(N)ncc3c2)cc1.Cl. The maximum absolute atomic E-state index is 12.5. The van der Waals surface area contributed by atoms with Gasteiger partial charge in [0.15, 0.2) is 0 Å². The number of aromatic nitrogens is 2. The second-order valence-corrected chi connectivity index (χ2v) is 6.46. The second kappa shape index (κ2) is 9.88. The Kier molecular flexibility index (Phi) is 7.55. The molecule has 0 saturated heterocycles. The zero-order valence-corrected chi connectivity index (χ0v) is 16.3. The van der Waals surface area contributed by atoms with E-state index in [0.717, 1.165) is 17.3 Å². The number of carbonyl (C=O) groups excluding carboxylic acids is 1. The van der Waals surface area contributed by atoms with E-state index in [1.165, 1.54) is 31.2 Å². The summed E-state index contributed by atoms with van der Waals surface area (Å²) in [6.07, 6.45) is 7.70. The van der Waals surface area contributed by atoms with Crippen molar-refractivity contribution in [3.8, 4) is 0 Å². The molecule has 0 atom stereocenters. The minimum atomic E-state index is -0.127. The van der Waals surface area contributed by atoms with Gasteiger partial charge in [-0.1, -0.05) is 38.3 Å². The smallest absolute Gasteiger partial charge is 0.255 e. The molecule has 0 radical (unpaired) electrons. The van der Waals surface area contributed by atoms with Gasteiger partial charge in [-0.3, -0.25) is 4.79 Å². The summed E-state index contributed by atoms with van der Waals surface area (Å²) in [6, 6.07) is 13.3. The van der Waals surface area contributed by atoms with E-state index in [1.54, 1.807) is 6.20 Å². The van der Waals surface area contributed by atoms with Crippen molar-refractivity contribution in [2.75, 3.05) is 11.1 Å². The van der Waals surface area contributed by atoms with Crippen molar-refractivity contribution >= 4 is 40.9 Å². The van der Waals surface area contributed by atoms with Crippen molar-refractivity contribution in [3.63, 3.8) is 0 Å². The number of anilines is 2. The number of benzene rings is 2. The summed E-state index contributed by atoms with van der Waals surface area (Å²) in [5.41, 5.74) is 8.97. The molecule has 1 aromatic heterocycles. The van der Waals surface area contributed by atoms with Crippen LogP contribution in [-0.4, -0.2) is 15.9 Å². The molecule has 3 N–H and O–H groups in total. The summed E-state index contributed by atoms with van der Waals surface area (Å²) in [5.74, 6) is 0.113. The van der Waals surface area contributed by atoms with Crippen molar-refractivity contribution in [1.82, 2.24) is 9.97 Å². The molecule has 0 saturated carbocycles. The zero-order valence-electron chi connectivity index (χ0n) is 15.4. The largest absolute Gasteiger partial charge is 0.368 e. The van der Waals surface area contributed by atoms with Gasteiger partial charge in [0, 0.05) is 22.8 Å². The standard InChI is InChI=1S/C21H24N4O.ClH/c1-2-3-4-5-6-15-7-9-16(10-8-15)20(26)24-18-11-12-19-17(13-18)14-23-21(22)25-19;/h7-14H,2-6H2,1H3,(H,24,26)(H2,22,23,25);1H. The van der Waals surface area contributed by atoms with Gasteiger partial charge in [0.1, 0.15) is 0 Å². The molecule has 142 valence electrons. The Morgan fingerprint density at radius 2 is 1.85 bits per heavy atom. The fourth-order valence-corrected chi connectivity index (χ4v) is 2.91. The Morgan fingerprint density at radius 1 is 1.07 bits per heavy atom. The van der Waals surface area contributed by atoms with Gasteiger partial charge in [-0.2, -0.15) is 0 Å². The molecule has 3 rings (SSSR count). The summed E-state index contributed by atoms with van der Waals surface area (Å²) < 4.78 is 0. The van der Waals surface area contributed by atoms with Crippen molar-refractivity contribution < 1.29 is 4.79 Å². The van der Waals surface area contributed by atoms with E-state index in [0.29, 0.717) is 11.3 Å². The minimum absolute atomic E-state index is 0. The van der Waals surface area contributed by atoms with E-state index in [-0.39, 0.29) is 24.3 Å². The average molecular weight is 385 g/mol. The summed E-state index contributed by atoms with van der Waals surface area (Å²) in [6.45, 7) is 2.21. The van der Waals surface area contributed by atoms with Crippen LogP contribution in [0.3, 0.4) is 0 Å². The number of nitrogens with one attached hydrogen (secondary N) is 1. The number of nitrogens with two attached hydrogens (primary N) is 1. The second-order valence-electron chi connectivity index (χ2n) is 6.46. The quantitative estimate of drug-likeness (QED) is 0.561. The number of hydrogen-bond acceptors (Lipinski definition) is 4. The number of aryl methyl sites for hydroxylation is 1. The third kappa shape index (κ3) is 5.66. The minimum Gasteiger partial charge on any atom is -0.368 e. The Bertz CT molecular complexity index is 896. The maximum Gasteiger partial charge on any atom is 0.255 e. The molecule has 1 amide bonds. The first-order valence-corrected chi connectivity index (χ1v) is 9.08. The van der Waals surface area contributed by atoms with Gasteiger partial charge in [0.2, 0.25) is 5.95 Å². The van der Waals surface area contributed by atoms with Crippen LogP contribution in [0.2, 0.25) is 0 Å². The van der Waals surface area contributed by atoms with Crippen LogP contribution in [-0.2, 0) is 6.42 Å². The Labute approximate surface area is 165 Å². The molecular weight excluding hydrogens is 360 g/mol. The van der Waals surface area contributed by atoms with E-state index in [2.05, 4.69) is 22.2 Å². The van der Waals surface area contributed by atoms with E-state index in [1.807, 2.05) is 42.5 Å². The highest BCUT2D eigenvalue weighted by Crippen LogP contribution is 2.18. The van der Waals surface area contributed by atoms with Crippen molar-refractivity contribution in [1.29, 1.82) is 0 Å². The van der Waals surface area contributed by atoms with Gasteiger partial charge in [-0.05, 0) is 48.7 Å². The highest BCUT2D eigenvalue weighted by Gasteiger charge is 2.07. The highest BCUT2D eigenvalue weighted by atomic mass is 35.5. The molecule has 0 fully saturated rings. The number of unbranched alkanes of at least 4 members (excludes halogenated alkanes) is 3.